The van der Waals surface area contributed by atoms with Gasteiger partial charge in [-0.3, -0.25) is 14.7 Å². The second-order valence-electron chi connectivity index (χ2n) is 6.05. The van der Waals surface area contributed by atoms with Crippen LogP contribution in [0.2, 0.25) is 0 Å². The first-order valence-electron chi connectivity index (χ1n) is 8.43. The van der Waals surface area contributed by atoms with Crippen molar-refractivity contribution in [2.75, 3.05) is 46.1 Å². The van der Waals surface area contributed by atoms with Crippen molar-refractivity contribution in [2.24, 2.45) is 5.92 Å². The lowest BCUT2D eigenvalue weighted by Crippen LogP contribution is -2.45. The molecule has 23 heavy (non-hydrogen) atoms. The van der Waals surface area contributed by atoms with Crippen LogP contribution in [-0.4, -0.2) is 61.9 Å². The van der Waals surface area contributed by atoms with Gasteiger partial charge in [0.2, 0.25) is 5.91 Å². The molecule has 1 aromatic heterocycles. The number of hydrogen-bond donors (Lipinski definition) is 1. The number of pyridine rings is 1. The SMILES string of the molecule is O=C(NCC(c1ccccn1)N1CCOCC1)C1CCOCC1. The summed E-state index contributed by atoms with van der Waals surface area (Å²) in [6.45, 7) is 5.17. The monoisotopic (exact) mass is 319 g/mol. The minimum Gasteiger partial charge on any atom is -0.381 e. The van der Waals surface area contributed by atoms with Gasteiger partial charge in [0.05, 0.1) is 24.9 Å². The predicted octanol–water partition coefficient (Wildman–Crippen LogP) is 0.998. The first-order valence-corrected chi connectivity index (χ1v) is 8.43. The standard InChI is InChI=1S/C17H25N3O3/c21-17(14-4-9-22-10-5-14)19-13-16(15-3-1-2-6-18-15)20-7-11-23-12-8-20/h1-3,6,14,16H,4-5,7-13H2,(H,19,21). The number of hydrogen-bond acceptors (Lipinski definition) is 5. The Labute approximate surface area is 137 Å². The molecule has 2 fully saturated rings. The van der Waals surface area contributed by atoms with Gasteiger partial charge in [0.25, 0.3) is 0 Å². The van der Waals surface area contributed by atoms with Gasteiger partial charge in [0.15, 0.2) is 0 Å². The molecule has 1 unspecified atom stereocenters. The fourth-order valence-corrected chi connectivity index (χ4v) is 3.18. The minimum atomic E-state index is 0.0813. The van der Waals surface area contributed by atoms with Gasteiger partial charge in [-0.1, -0.05) is 6.07 Å². The van der Waals surface area contributed by atoms with Gasteiger partial charge in [-0.25, -0.2) is 0 Å². The van der Waals surface area contributed by atoms with Crippen LogP contribution in [0.5, 0.6) is 0 Å². The topological polar surface area (TPSA) is 63.7 Å². The van der Waals surface area contributed by atoms with E-state index in [1.807, 2.05) is 24.4 Å². The predicted molar refractivity (Wildman–Crippen MR) is 85.9 cm³/mol. The van der Waals surface area contributed by atoms with E-state index < -0.39 is 0 Å². The number of rotatable bonds is 5. The molecule has 0 radical (unpaired) electrons. The van der Waals surface area contributed by atoms with Crippen molar-refractivity contribution in [3.8, 4) is 0 Å². The van der Waals surface area contributed by atoms with E-state index in [1.54, 1.807) is 0 Å². The molecule has 0 aliphatic carbocycles. The Bertz CT molecular complexity index is 485. The fourth-order valence-electron chi connectivity index (χ4n) is 3.18. The number of nitrogens with one attached hydrogen (secondary N) is 1. The number of carbonyl (C=O) groups excluding carboxylic acids is 1. The summed E-state index contributed by atoms with van der Waals surface area (Å²) < 4.78 is 10.8. The highest BCUT2D eigenvalue weighted by Gasteiger charge is 2.26. The third kappa shape index (κ3) is 4.50. The van der Waals surface area contributed by atoms with E-state index in [2.05, 4.69) is 15.2 Å². The Morgan fingerprint density at radius 1 is 1.22 bits per heavy atom. The first-order chi connectivity index (χ1) is 11.3. The van der Waals surface area contributed by atoms with Crippen molar-refractivity contribution in [3.63, 3.8) is 0 Å². The summed E-state index contributed by atoms with van der Waals surface area (Å²) in [5.74, 6) is 0.223. The Balaban J connectivity index is 1.62. The van der Waals surface area contributed by atoms with Crippen LogP contribution in [-0.2, 0) is 14.3 Å². The molecule has 0 bridgehead atoms. The van der Waals surface area contributed by atoms with Crippen molar-refractivity contribution in [2.45, 2.75) is 18.9 Å². The van der Waals surface area contributed by atoms with Gasteiger partial charge in [0, 0.05) is 45.0 Å². The van der Waals surface area contributed by atoms with E-state index in [0.29, 0.717) is 19.8 Å². The van der Waals surface area contributed by atoms with Crippen LogP contribution in [0, 0.1) is 5.92 Å². The molecule has 2 aliphatic heterocycles. The van der Waals surface area contributed by atoms with Crippen LogP contribution >= 0.6 is 0 Å². The van der Waals surface area contributed by atoms with Gasteiger partial charge in [-0.15, -0.1) is 0 Å². The molecule has 2 saturated heterocycles. The molecule has 0 spiro atoms. The van der Waals surface area contributed by atoms with Crippen molar-refractivity contribution in [3.05, 3.63) is 30.1 Å². The maximum Gasteiger partial charge on any atom is 0.223 e. The number of aromatic nitrogens is 1. The number of ether oxygens (including phenoxy) is 2. The lowest BCUT2D eigenvalue weighted by atomic mass is 9.99. The Morgan fingerprint density at radius 3 is 2.65 bits per heavy atom. The van der Waals surface area contributed by atoms with Gasteiger partial charge in [-0.2, -0.15) is 0 Å². The lowest BCUT2D eigenvalue weighted by molar-refractivity contribution is -0.128. The van der Waals surface area contributed by atoms with Crippen LogP contribution < -0.4 is 5.32 Å². The zero-order chi connectivity index (χ0) is 15.9. The summed E-state index contributed by atoms with van der Waals surface area (Å²) in [7, 11) is 0. The summed E-state index contributed by atoms with van der Waals surface area (Å²) in [5.41, 5.74) is 1.00. The minimum absolute atomic E-state index is 0.0813. The quantitative estimate of drug-likeness (QED) is 0.877. The van der Waals surface area contributed by atoms with Crippen LogP contribution in [0.4, 0.5) is 0 Å². The lowest BCUT2D eigenvalue weighted by Gasteiger charge is -2.34. The van der Waals surface area contributed by atoms with E-state index >= 15 is 0 Å². The molecule has 1 amide bonds. The fraction of sp³-hybridized carbons (Fsp3) is 0.647. The Kier molecular flexibility index (Phi) is 5.96. The molecule has 1 N–H and O–H groups in total. The maximum atomic E-state index is 12.4. The molecular formula is C17H25N3O3. The molecule has 6 heteroatoms. The molecule has 0 aromatic carbocycles. The van der Waals surface area contributed by atoms with Gasteiger partial charge in [0.1, 0.15) is 0 Å². The molecule has 6 nitrogen and oxygen atoms in total. The van der Waals surface area contributed by atoms with E-state index in [4.69, 9.17) is 9.47 Å². The average Bonchev–Trinajstić information content (AvgIpc) is 2.64. The zero-order valence-electron chi connectivity index (χ0n) is 13.4. The summed E-state index contributed by atoms with van der Waals surface area (Å²) in [5, 5.41) is 3.13. The molecule has 126 valence electrons. The zero-order valence-corrected chi connectivity index (χ0v) is 13.4. The number of nitrogens with zero attached hydrogens (tertiary/aromatic N) is 2. The van der Waals surface area contributed by atoms with Crippen LogP contribution in [0.25, 0.3) is 0 Å². The summed E-state index contributed by atoms with van der Waals surface area (Å²) >= 11 is 0. The third-order valence-corrected chi connectivity index (χ3v) is 4.58. The first kappa shape index (κ1) is 16.4. The van der Waals surface area contributed by atoms with E-state index in [1.165, 1.54) is 0 Å². The molecule has 1 aromatic rings. The van der Waals surface area contributed by atoms with Gasteiger partial charge in [-0.05, 0) is 25.0 Å². The molecule has 1 atom stereocenters. The summed E-state index contributed by atoms with van der Waals surface area (Å²) in [6.07, 6.45) is 3.44. The molecule has 3 heterocycles. The Morgan fingerprint density at radius 2 is 1.96 bits per heavy atom. The average molecular weight is 319 g/mol. The van der Waals surface area contributed by atoms with Crippen LogP contribution in [0.1, 0.15) is 24.6 Å². The van der Waals surface area contributed by atoms with Crippen LogP contribution in [0.15, 0.2) is 24.4 Å². The third-order valence-electron chi connectivity index (χ3n) is 4.58. The van der Waals surface area contributed by atoms with Crippen molar-refractivity contribution in [1.29, 1.82) is 0 Å². The number of carbonyl (C=O) groups is 1. The molecule has 0 saturated carbocycles. The molecule has 2 aliphatic rings. The smallest absolute Gasteiger partial charge is 0.223 e. The summed E-state index contributed by atoms with van der Waals surface area (Å²) in [4.78, 5) is 19.2. The number of morpholine rings is 1. The van der Waals surface area contributed by atoms with Gasteiger partial charge < -0.3 is 14.8 Å². The van der Waals surface area contributed by atoms with Crippen LogP contribution in [0.3, 0.4) is 0 Å². The highest BCUT2D eigenvalue weighted by atomic mass is 16.5. The second kappa shape index (κ2) is 8.38. The largest absolute Gasteiger partial charge is 0.381 e. The Hall–Kier alpha value is -1.50. The second-order valence-corrected chi connectivity index (χ2v) is 6.05. The van der Waals surface area contributed by atoms with Crippen molar-refractivity contribution in [1.82, 2.24) is 15.2 Å². The van der Waals surface area contributed by atoms with E-state index in [-0.39, 0.29) is 17.9 Å². The molecular weight excluding hydrogens is 294 g/mol. The normalized spacial score (nSPS) is 21.7. The number of amides is 1. The highest BCUT2D eigenvalue weighted by molar-refractivity contribution is 5.78. The summed E-state index contributed by atoms with van der Waals surface area (Å²) in [6, 6.07) is 6.04. The van der Waals surface area contributed by atoms with E-state index in [9.17, 15) is 4.79 Å². The van der Waals surface area contributed by atoms with E-state index in [0.717, 1.165) is 44.8 Å². The highest BCUT2D eigenvalue weighted by Crippen LogP contribution is 2.20. The maximum absolute atomic E-state index is 12.4. The molecule has 3 rings (SSSR count). The van der Waals surface area contributed by atoms with Crippen molar-refractivity contribution >= 4 is 5.91 Å². The van der Waals surface area contributed by atoms with Gasteiger partial charge >= 0.3 is 0 Å². The van der Waals surface area contributed by atoms with Crippen molar-refractivity contribution < 1.29 is 14.3 Å².